The van der Waals surface area contributed by atoms with Gasteiger partial charge in [0.1, 0.15) is 12.1 Å². The zero-order valence-electron chi connectivity index (χ0n) is 17.4. The zero-order valence-corrected chi connectivity index (χ0v) is 19.0. The van der Waals surface area contributed by atoms with Crippen LogP contribution in [0.2, 0.25) is 0 Å². The number of aromatic nitrogens is 3. The molecule has 0 spiro atoms. The topological polar surface area (TPSA) is 67.9 Å². The van der Waals surface area contributed by atoms with E-state index in [9.17, 15) is 0 Å². The number of halogens is 1. The van der Waals surface area contributed by atoms with Gasteiger partial charge in [0.2, 0.25) is 0 Å². The molecule has 0 bridgehead atoms. The molecule has 2 aromatic carbocycles. The normalized spacial score (nSPS) is 14.8. The van der Waals surface area contributed by atoms with Crippen molar-refractivity contribution in [2.75, 3.05) is 23.7 Å². The molecule has 0 unspecified atom stereocenters. The highest BCUT2D eigenvalue weighted by Gasteiger charge is 2.17. The predicted molar refractivity (Wildman–Crippen MR) is 131 cm³/mol. The number of piperidine rings is 1. The maximum atomic E-state index is 6.23. The number of benzene rings is 2. The largest absolute Gasteiger partial charge is 0.383 e. The van der Waals surface area contributed by atoms with Crippen LogP contribution in [-0.4, -0.2) is 28.0 Å². The first-order chi connectivity index (χ1) is 15.1. The molecule has 6 heteroatoms. The van der Waals surface area contributed by atoms with E-state index < -0.39 is 0 Å². The van der Waals surface area contributed by atoms with Crippen LogP contribution in [0.1, 0.15) is 19.8 Å². The second-order valence-electron chi connectivity index (χ2n) is 8.24. The van der Waals surface area contributed by atoms with Gasteiger partial charge in [0.05, 0.1) is 11.1 Å². The molecule has 1 fully saturated rings. The van der Waals surface area contributed by atoms with Crippen molar-refractivity contribution < 1.29 is 0 Å². The van der Waals surface area contributed by atoms with Crippen LogP contribution in [0.4, 0.5) is 11.5 Å². The third kappa shape index (κ3) is 4.00. The molecule has 31 heavy (non-hydrogen) atoms. The number of hydrogen-bond acceptors (Lipinski definition) is 5. The molecule has 5 nitrogen and oxygen atoms in total. The van der Waals surface area contributed by atoms with Crippen LogP contribution in [0.5, 0.6) is 0 Å². The summed E-state index contributed by atoms with van der Waals surface area (Å²) in [6.45, 7) is 4.58. The number of hydrogen-bond donors (Lipinski definition) is 1. The molecule has 1 saturated heterocycles. The molecule has 0 radical (unpaired) electrons. The lowest BCUT2D eigenvalue weighted by atomic mass is 9.98. The van der Waals surface area contributed by atoms with Crippen LogP contribution in [-0.2, 0) is 0 Å². The number of rotatable bonds is 3. The summed E-state index contributed by atoms with van der Waals surface area (Å²) < 4.78 is 1.01. The Balaban J connectivity index is 1.58. The van der Waals surface area contributed by atoms with Crippen molar-refractivity contribution in [2.24, 2.45) is 5.92 Å². The minimum atomic E-state index is 0.439. The fourth-order valence-corrected chi connectivity index (χ4v) is 4.63. The van der Waals surface area contributed by atoms with Gasteiger partial charge in [-0.1, -0.05) is 47.1 Å². The third-order valence-electron chi connectivity index (χ3n) is 6.08. The van der Waals surface area contributed by atoms with Crippen molar-refractivity contribution in [1.29, 1.82) is 0 Å². The van der Waals surface area contributed by atoms with E-state index in [-0.39, 0.29) is 0 Å². The van der Waals surface area contributed by atoms with E-state index >= 15 is 0 Å². The van der Waals surface area contributed by atoms with Gasteiger partial charge in [-0.05, 0) is 60.2 Å². The third-order valence-corrected chi connectivity index (χ3v) is 6.57. The van der Waals surface area contributed by atoms with Crippen LogP contribution >= 0.6 is 15.9 Å². The highest BCUT2D eigenvalue weighted by atomic mass is 79.9. The van der Waals surface area contributed by atoms with Crippen LogP contribution in [0.25, 0.3) is 33.4 Å². The van der Waals surface area contributed by atoms with Crippen molar-refractivity contribution in [1.82, 2.24) is 15.0 Å². The quantitative estimate of drug-likeness (QED) is 0.398. The molecule has 5 rings (SSSR count). The van der Waals surface area contributed by atoms with E-state index in [0.29, 0.717) is 11.5 Å². The molecule has 0 atom stereocenters. The first kappa shape index (κ1) is 19.9. The zero-order chi connectivity index (χ0) is 21.4. The Kier molecular flexibility index (Phi) is 5.32. The summed E-state index contributed by atoms with van der Waals surface area (Å²) in [6.07, 6.45) is 3.98. The lowest BCUT2D eigenvalue weighted by Gasteiger charge is -2.32. The van der Waals surface area contributed by atoms with Gasteiger partial charge < -0.3 is 10.6 Å². The Bertz CT molecular complexity index is 1230. The Hall–Kier alpha value is -2.99. The van der Waals surface area contributed by atoms with Gasteiger partial charge in [-0.2, -0.15) is 0 Å². The van der Waals surface area contributed by atoms with Crippen molar-refractivity contribution >= 4 is 38.5 Å². The molecule has 4 aromatic rings. The molecule has 0 saturated carbocycles. The molecular formula is C25H24BrN5. The average molecular weight is 474 g/mol. The molecule has 0 amide bonds. The van der Waals surface area contributed by atoms with Crippen molar-refractivity contribution in [3.63, 3.8) is 0 Å². The Labute approximate surface area is 190 Å². The summed E-state index contributed by atoms with van der Waals surface area (Å²) in [7, 11) is 0. The van der Waals surface area contributed by atoms with Crippen molar-refractivity contribution in [3.8, 4) is 22.4 Å². The van der Waals surface area contributed by atoms with Gasteiger partial charge in [0.15, 0.2) is 5.65 Å². The van der Waals surface area contributed by atoms with Crippen molar-refractivity contribution in [2.45, 2.75) is 19.8 Å². The molecule has 156 valence electrons. The number of fused-ring (bicyclic) bond motifs is 1. The predicted octanol–water partition coefficient (Wildman–Crippen LogP) is 5.94. The summed E-state index contributed by atoms with van der Waals surface area (Å²) in [5.74, 6) is 1.26. The second kappa shape index (κ2) is 8.27. The second-order valence-corrected chi connectivity index (χ2v) is 9.16. The van der Waals surface area contributed by atoms with Crippen molar-refractivity contribution in [3.05, 3.63) is 65.4 Å². The van der Waals surface area contributed by atoms with Crippen LogP contribution in [0.3, 0.4) is 0 Å². The molecule has 3 heterocycles. The number of pyridine rings is 1. The summed E-state index contributed by atoms with van der Waals surface area (Å²) >= 11 is 3.57. The number of nitrogens with two attached hydrogens (primary N) is 1. The lowest BCUT2D eigenvalue weighted by molar-refractivity contribution is 0.438. The Morgan fingerprint density at radius 2 is 1.74 bits per heavy atom. The average Bonchev–Trinajstić information content (AvgIpc) is 2.79. The summed E-state index contributed by atoms with van der Waals surface area (Å²) in [4.78, 5) is 15.9. The maximum Gasteiger partial charge on any atom is 0.165 e. The SMILES string of the molecule is CC1CCN(c2ccc(-c3cc(-c4cccc(Br)c4)c4c(N)ncnc4n3)cc2)CC1. The van der Waals surface area contributed by atoms with Gasteiger partial charge in [-0.3, -0.25) is 0 Å². The molecule has 1 aliphatic rings. The lowest BCUT2D eigenvalue weighted by Crippen LogP contribution is -2.32. The van der Waals surface area contributed by atoms with Gasteiger partial charge >= 0.3 is 0 Å². The van der Waals surface area contributed by atoms with E-state index in [1.54, 1.807) is 0 Å². The van der Waals surface area contributed by atoms with E-state index in [2.05, 4.69) is 80.2 Å². The van der Waals surface area contributed by atoms with E-state index in [4.69, 9.17) is 10.7 Å². The Morgan fingerprint density at radius 3 is 2.48 bits per heavy atom. The van der Waals surface area contributed by atoms with Crippen LogP contribution in [0, 0.1) is 5.92 Å². The number of nitrogens with zero attached hydrogens (tertiary/aromatic N) is 4. The standard InChI is InChI=1S/C25H24BrN5/c1-16-9-11-31(12-10-16)20-7-5-17(6-8-20)22-14-21(18-3-2-4-19(26)13-18)23-24(27)28-15-29-25(23)30-22/h2-8,13-16H,9-12H2,1H3,(H2,27,28,29,30). The smallest absolute Gasteiger partial charge is 0.165 e. The summed E-state index contributed by atoms with van der Waals surface area (Å²) in [5, 5.41) is 0.781. The number of nitrogen functional groups attached to an aromatic ring is 1. The molecule has 2 N–H and O–H groups in total. The fourth-order valence-electron chi connectivity index (χ4n) is 4.23. The molecule has 0 aliphatic carbocycles. The van der Waals surface area contributed by atoms with E-state index in [1.807, 2.05) is 12.1 Å². The van der Waals surface area contributed by atoms with E-state index in [0.717, 1.165) is 51.3 Å². The fraction of sp³-hybridized carbons (Fsp3) is 0.240. The highest BCUT2D eigenvalue weighted by Crippen LogP contribution is 2.35. The minimum absolute atomic E-state index is 0.439. The first-order valence-corrected chi connectivity index (χ1v) is 11.4. The molecule has 1 aliphatic heterocycles. The summed E-state index contributed by atoms with van der Waals surface area (Å²) in [6, 6.07) is 18.9. The van der Waals surface area contributed by atoms with Gasteiger partial charge in [-0.15, -0.1) is 0 Å². The van der Waals surface area contributed by atoms with Gasteiger partial charge in [0.25, 0.3) is 0 Å². The Morgan fingerprint density at radius 1 is 0.968 bits per heavy atom. The number of anilines is 2. The molecular weight excluding hydrogens is 450 g/mol. The maximum absolute atomic E-state index is 6.23. The minimum Gasteiger partial charge on any atom is -0.383 e. The monoisotopic (exact) mass is 473 g/mol. The van der Waals surface area contributed by atoms with E-state index in [1.165, 1.54) is 24.9 Å². The van der Waals surface area contributed by atoms with Crippen LogP contribution < -0.4 is 10.6 Å². The summed E-state index contributed by atoms with van der Waals surface area (Å²) in [5.41, 5.74) is 12.1. The van der Waals surface area contributed by atoms with Gasteiger partial charge in [-0.25, -0.2) is 15.0 Å². The molecule has 2 aromatic heterocycles. The van der Waals surface area contributed by atoms with Gasteiger partial charge in [0, 0.05) is 28.8 Å². The highest BCUT2D eigenvalue weighted by molar-refractivity contribution is 9.10. The first-order valence-electron chi connectivity index (χ1n) is 10.6. The van der Waals surface area contributed by atoms with Crippen LogP contribution in [0.15, 0.2) is 65.4 Å².